The summed E-state index contributed by atoms with van der Waals surface area (Å²) in [4.78, 5) is 15.9. The van der Waals surface area contributed by atoms with Gasteiger partial charge in [-0.1, -0.05) is 6.92 Å². The molecule has 18 heavy (non-hydrogen) atoms. The first-order valence-corrected chi connectivity index (χ1v) is 6.10. The van der Waals surface area contributed by atoms with E-state index in [1.54, 1.807) is 13.0 Å². The van der Waals surface area contributed by atoms with E-state index in [4.69, 9.17) is 10.5 Å². The summed E-state index contributed by atoms with van der Waals surface area (Å²) in [6, 6.07) is 1.63. The molecule has 5 nitrogen and oxygen atoms in total. The Morgan fingerprint density at radius 2 is 2.17 bits per heavy atom. The summed E-state index contributed by atoms with van der Waals surface area (Å²) >= 11 is 0. The highest BCUT2D eigenvalue weighted by Crippen LogP contribution is 2.20. The third-order valence-corrected chi connectivity index (χ3v) is 2.78. The summed E-state index contributed by atoms with van der Waals surface area (Å²) in [6.45, 7) is 8.29. The van der Waals surface area contributed by atoms with Crippen LogP contribution in [0.15, 0.2) is 12.3 Å². The first kappa shape index (κ1) is 14.3. The summed E-state index contributed by atoms with van der Waals surface area (Å²) in [6.07, 6.45) is 2.41. The quantitative estimate of drug-likeness (QED) is 0.786. The third-order valence-electron chi connectivity index (χ3n) is 2.78. The number of aromatic nitrogens is 1. The van der Waals surface area contributed by atoms with Crippen molar-refractivity contribution in [2.75, 3.05) is 17.7 Å². The molecule has 1 aromatic heterocycles. The van der Waals surface area contributed by atoms with Crippen LogP contribution in [0.1, 0.15) is 44.5 Å². The van der Waals surface area contributed by atoms with Gasteiger partial charge in [-0.3, -0.25) is 0 Å². The van der Waals surface area contributed by atoms with E-state index in [1.807, 2.05) is 0 Å². The minimum Gasteiger partial charge on any atom is -0.462 e. The Morgan fingerprint density at radius 1 is 1.50 bits per heavy atom. The standard InChI is InChI=1S/C13H21N3O2/c1-5-13(3,4)16-11-7-9(10(14)8-15-11)12(17)18-6-2/h7-8H,5-6,14H2,1-4H3,(H,15,16). The van der Waals surface area contributed by atoms with Crippen LogP contribution in [-0.4, -0.2) is 23.1 Å². The molecule has 0 saturated carbocycles. The molecule has 0 unspecified atom stereocenters. The number of anilines is 2. The summed E-state index contributed by atoms with van der Waals surface area (Å²) in [5, 5.41) is 3.26. The number of nitrogen functional groups attached to an aromatic ring is 1. The van der Waals surface area contributed by atoms with Crippen molar-refractivity contribution in [2.45, 2.75) is 39.7 Å². The zero-order chi connectivity index (χ0) is 13.8. The molecule has 1 aromatic rings. The van der Waals surface area contributed by atoms with Gasteiger partial charge in [-0.25, -0.2) is 9.78 Å². The molecule has 0 atom stereocenters. The Morgan fingerprint density at radius 3 is 2.72 bits per heavy atom. The third kappa shape index (κ3) is 3.61. The Balaban J connectivity index is 2.97. The number of carbonyl (C=O) groups excluding carboxylic acids is 1. The molecule has 0 saturated heterocycles. The molecular formula is C13H21N3O2. The number of nitrogens with one attached hydrogen (secondary N) is 1. The van der Waals surface area contributed by atoms with E-state index in [0.717, 1.165) is 6.42 Å². The van der Waals surface area contributed by atoms with Gasteiger partial charge in [0.05, 0.1) is 24.1 Å². The molecule has 3 N–H and O–H groups in total. The van der Waals surface area contributed by atoms with E-state index in [1.165, 1.54) is 6.20 Å². The van der Waals surface area contributed by atoms with Crippen LogP contribution in [0.25, 0.3) is 0 Å². The van der Waals surface area contributed by atoms with E-state index in [0.29, 0.717) is 23.7 Å². The molecule has 1 rings (SSSR count). The average Bonchev–Trinajstić information content (AvgIpc) is 2.31. The lowest BCUT2D eigenvalue weighted by molar-refractivity contribution is 0.0527. The molecule has 0 aromatic carbocycles. The van der Waals surface area contributed by atoms with Gasteiger partial charge in [0.25, 0.3) is 0 Å². The minimum atomic E-state index is -0.422. The highest BCUT2D eigenvalue weighted by atomic mass is 16.5. The second-order valence-electron chi connectivity index (χ2n) is 4.74. The number of hydrogen-bond acceptors (Lipinski definition) is 5. The maximum atomic E-state index is 11.7. The van der Waals surface area contributed by atoms with Crippen LogP contribution in [0, 0.1) is 0 Å². The lowest BCUT2D eigenvalue weighted by Crippen LogP contribution is -2.30. The van der Waals surface area contributed by atoms with Crippen molar-refractivity contribution in [2.24, 2.45) is 0 Å². The van der Waals surface area contributed by atoms with Crippen LogP contribution >= 0.6 is 0 Å². The van der Waals surface area contributed by atoms with Gasteiger partial charge in [0.1, 0.15) is 5.82 Å². The van der Waals surface area contributed by atoms with Crippen LogP contribution in [-0.2, 0) is 4.74 Å². The second-order valence-corrected chi connectivity index (χ2v) is 4.74. The molecule has 0 aliphatic carbocycles. The van der Waals surface area contributed by atoms with Gasteiger partial charge in [-0.2, -0.15) is 0 Å². The largest absolute Gasteiger partial charge is 0.462 e. The van der Waals surface area contributed by atoms with Gasteiger partial charge in [-0.15, -0.1) is 0 Å². The van der Waals surface area contributed by atoms with Crippen molar-refractivity contribution in [3.8, 4) is 0 Å². The zero-order valence-electron chi connectivity index (χ0n) is 11.4. The summed E-state index contributed by atoms with van der Waals surface area (Å²) in [7, 11) is 0. The predicted octanol–water partition coefficient (Wildman–Crippen LogP) is 2.44. The number of carbonyl (C=O) groups is 1. The van der Waals surface area contributed by atoms with Crippen molar-refractivity contribution in [3.63, 3.8) is 0 Å². The second kappa shape index (κ2) is 5.71. The first-order chi connectivity index (χ1) is 8.39. The van der Waals surface area contributed by atoms with Crippen LogP contribution < -0.4 is 11.1 Å². The smallest absolute Gasteiger partial charge is 0.340 e. The maximum absolute atomic E-state index is 11.7. The van der Waals surface area contributed by atoms with Gasteiger partial charge in [0.15, 0.2) is 0 Å². The lowest BCUT2D eigenvalue weighted by atomic mass is 10.0. The summed E-state index contributed by atoms with van der Waals surface area (Å²) in [5.74, 6) is 0.203. The van der Waals surface area contributed by atoms with E-state index in [9.17, 15) is 4.79 Å². The van der Waals surface area contributed by atoms with Gasteiger partial charge < -0.3 is 15.8 Å². The van der Waals surface area contributed by atoms with Crippen molar-refractivity contribution in [1.29, 1.82) is 0 Å². The molecule has 0 bridgehead atoms. The molecule has 0 aliphatic heterocycles. The Kier molecular flexibility index (Phi) is 4.53. The van der Waals surface area contributed by atoms with Crippen molar-refractivity contribution >= 4 is 17.5 Å². The van der Waals surface area contributed by atoms with Crippen LogP contribution in [0.2, 0.25) is 0 Å². The Bertz CT molecular complexity index is 430. The molecule has 0 aliphatic rings. The van der Waals surface area contributed by atoms with E-state index < -0.39 is 5.97 Å². The molecule has 0 spiro atoms. The van der Waals surface area contributed by atoms with Gasteiger partial charge >= 0.3 is 5.97 Å². The van der Waals surface area contributed by atoms with E-state index in [-0.39, 0.29) is 5.54 Å². The van der Waals surface area contributed by atoms with E-state index in [2.05, 4.69) is 31.1 Å². The van der Waals surface area contributed by atoms with Gasteiger partial charge in [-0.05, 0) is 33.3 Å². The SMILES string of the molecule is CCOC(=O)c1cc(NC(C)(C)CC)ncc1N. The topological polar surface area (TPSA) is 77.2 Å². The fourth-order valence-corrected chi connectivity index (χ4v) is 1.36. The number of nitrogens with two attached hydrogens (primary N) is 1. The van der Waals surface area contributed by atoms with Crippen LogP contribution in [0.3, 0.4) is 0 Å². The molecule has 0 radical (unpaired) electrons. The molecule has 5 heteroatoms. The Hall–Kier alpha value is -1.78. The molecule has 0 fully saturated rings. The number of hydrogen-bond donors (Lipinski definition) is 2. The van der Waals surface area contributed by atoms with Gasteiger partial charge in [0, 0.05) is 5.54 Å². The predicted molar refractivity (Wildman–Crippen MR) is 72.6 cm³/mol. The minimum absolute atomic E-state index is 0.0882. The normalized spacial score (nSPS) is 11.1. The number of ether oxygens (including phenoxy) is 1. The highest BCUT2D eigenvalue weighted by Gasteiger charge is 2.17. The fourth-order valence-electron chi connectivity index (χ4n) is 1.36. The number of rotatable bonds is 5. The number of esters is 1. The zero-order valence-corrected chi connectivity index (χ0v) is 11.4. The van der Waals surface area contributed by atoms with Crippen molar-refractivity contribution < 1.29 is 9.53 Å². The molecule has 1 heterocycles. The lowest BCUT2D eigenvalue weighted by Gasteiger charge is -2.25. The van der Waals surface area contributed by atoms with E-state index >= 15 is 0 Å². The van der Waals surface area contributed by atoms with Crippen molar-refractivity contribution in [1.82, 2.24) is 4.98 Å². The van der Waals surface area contributed by atoms with Crippen LogP contribution in [0.4, 0.5) is 11.5 Å². The van der Waals surface area contributed by atoms with Crippen molar-refractivity contribution in [3.05, 3.63) is 17.8 Å². The summed E-state index contributed by atoms with van der Waals surface area (Å²) in [5.41, 5.74) is 6.31. The summed E-state index contributed by atoms with van der Waals surface area (Å²) < 4.78 is 4.95. The molecule has 100 valence electrons. The maximum Gasteiger partial charge on any atom is 0.340 e. The Labute approximate surface area is 108 Å². The number of nitrogens with zero attached hydrogens (tertiary/aromatic N) is 1. The van der Waals surface area contributed by atoms with Gasteiger partial charge in [0.2, 0.25) is 0 Å². The molecular weight excluding hydrogens is 230 g/mol. The molecule has 0 amide bonds. The highest BCUT2D eigenvalue weighted by molar-refractivity contribution is 5.95. The number of pyridine rings is 1. The monoisotopic (exact) mass is 251 g/mol. The average molecular weight is 251 g/mol. The van der Waals surface area contributed by atoms with Crippen LogP contribution in [0.5, 0.6) is 0 Å². The first-order valence-electron chi connectivity index (χ1n) is 6.10. The fraction of sp³-hybridized carbons (Fsp3) is 0.538.